The Hall–Kier alpha value is -3.38. The monoisotopic (exact) mass is 506 g/mol. The molecule has 2 N–H and O–H groups in total. The van der Waals surface area contributed by atoms with Gasteiger partial charge in [0.05, 0.1) is 42.7 Å². The van der Waals surface area contributed by atoms with Crippen molar-refractivity contribution in [3.8, 4) is 34.5 Å². The Morgan fingerprint density at radius 1 is 0.559 bits per heavy atom. The molecule has 12 heteroatoms. The molecule has 0 unspecified atom stereocenters. The lowest BCUT2D eigenvalue weighted by Gasteiger charge is -2.27. The molecule has 0 amide bonds. The number of benzene rings is 2. The number of ether oxygens (including phenoxy) is 6. The summed E-state index contributed by atoms with van der Waals surface area (Å²) in [5.41, 5.74) is 1.66. The second-order valence-corrected chi connectivity index (χ2v) is 8.08. The molecule has 2 atom stereocenters. The Labute approximate surface area is 208 Å². The SMILES string of the molecule is COc1cc([C@H]2NC(=S)N3[C@H](c4cc(OC)c(OC)c(OC)c4)NC(=S)N23)cc(OC)c1OC. The highest BCUT2D eigenvalue weighted by molar-refractivity contribution is 7.80. The molecule has 2 heterocycles. The minimum absolute atomic E-state index is 0.395. The van der Waals surface area contributed by atoms with Crippen molar-refractivity contribution in [1.29, 1.82) is 0 Å². The molecule has 0 aliphatic carbocycles. The lowest BCUT2D eigenvalue weighted by molar-refractivity contribution is 0.113. The Balaban J connectivity index is 1.75. The molecule has 0 aromatic heterocycles. The topological polar surface area (TPSA) is 85.9 Å². The second-order valence-electron chi connectivity index (χ2n) is 7.31. The van der Waals surface area contributed by atoms with Crippen molar-refractivity contribution in [3.05, 3.63) is 35.4 Å². The highest BCUT2D eigenvalue weighted by atomic mass is 32.1. The fourth-order valence-electron chi connectivity index (χ4n) is 4.14. The van der Waals surface area contributed by atoms with Gasteiger partial charge in [-0.3, -0.25) is 0 Å². The number of hydrogen-bond acceptors (Lipinski definition) is 8. The molecule has 10 nitrogen and oxygen atoms in total. The van der Waals surface area contributed by atoms with Crippen LogP contribution in [0.5, 0.6) is 34.5 Å². The van der Waals surface area contributed by atoms with E-state index < -0.39 is 12.3 Å². The molecule has 0 bridgehead atoms. The van der Waals surface area contributed by atoms with E-state index in [1.54, 1.807) is 42.7 Å². The average Bonchev–Trinajstić information content (AvgIpc) is 3.39. The lowest BCUT2D eigenvalue weighted by Crippen LogP contribution is -2.36. The van der Waals surface area contributed by atoms with E-state index in [4.69, 9.17) is 52.9 Å². The Bertz CT molecular complexity index is 993. The maximum Gasteiger partial charge on any atom is 0.203 e. The minimum atomic E-state index is -0.395. The molecular weight excluding hydrogens is 480 g/mol. The lowest BCUT2D eigenvalue weighted by atomic mass is 10.1. The molecule has 2 aromatic carbocycles. The van der Waals surface area contributed by atoms with Gasteiger partial charge >= 0.3 is 0 Å². The van der Waals surface area contributed by atoms with Crippen LogP contribution < -0.4 is 39.1 Å². The maximum absolute atomic E-state index is 5.71. The van der Waals surface area contributed by atoms with Crippen LogP contribution in [0.15, 0.2) is 24.3 Å². The van der Waals surface area contributed by atoms with E-state index in [9.17, 15) is 0 Å². The number of thiocarbonyl (C=S) groups is 2. The number of nitrogens with one attached hydrogen (secondary N) is 2. The molecule has 2 aromatic rings. The summed E-state index contributed by atoms with van der Waals surface area (Å²) in [6.07, 6.45) is -0.790. The van der Waals surface area contributed by atoms with Gasteiger partial charge in [0.25, 0.3) is 0 Å². The van der Waals surface area contributed by atoms with Crippen molar-refractivity contribution in [2.75, 3.05) is 42.7 Å². The van der Waals surface area contributed by atoms with Gasteiger partial charge in [-0.05, 0) is 48.7 Å². The number of nitrogens with zero attached hydrogens (tertiary/aromatic N) is 2. The van der Waals surface area contributed by atoms with E-state index in [2.05, 4.69) is 10.6 Å². The number of hydrazine groups is 1. The van der Waals surface area contributed by atoms with Gasteiger partial charge in [-0.25, -0.2) is 10.0 Å². The van der Waals surface area contributed by atoms with Gasteiger partial charge in [0, 0.05) is 11.1 Å². The van der Waals surface area contributed by atoms with Crippen molar-refractivity contribution < 1.29 is 28.4 Å². The molecule has 2 aliphatic rings. The summed E-state index contributed by atoms with van der Waals surface area (Å²) in [4.78, 5) is 0. The third-order valence-corrected chi connectivity index (χ3v) is 6.27. The Morgan fingerprint density at radius 2 is 0.853 bits per heavy atom. The molecule has 182 valence electrons. The molecule has 2 aliphatic heterocycles. The Kier molecular flexibility index (Phi) is 6.62. The summed E-state index contributed by atoms with van der Waals surface area (Å²) in [5, 5.41) is 11.4. The van der Waals surface area contributed by atoms with Crippen LogP contribution in [-0.4, -0.2) is 62.9 Å². The molecule has 2 fully saturated rings. The zero-order chi connectivity index (χ0) is 24.6. The number of hydrogen-bond donors (Lipinski definition) is 2. The minimum Gasteiger partial charge on any atom is -0.493 e. The van der Waals surface area contributed by atoms with Crippen LogP contribution in [0.1, 0.15) is 23.5 Å². The summed E-state index contributed by atoms with van der Waals surface area (Å²) < 4.78 is 33.0. The summed E-state index contributed by atoms with van der Waals surface area (Å²) in [7, 11) is 9.41. The maximum atomic E-state index is 5.71. The summed E-state index contributed by atoms with van der Waals surface area (Å²) in [6, 6.07) is 7.45. The van der Waals surface area contributed by atoms with Crippen molar-refractivity contribution in [3.63, 3.8) is 0 Å². The van der Waals surface area contributed by atoms with E-state index in [1.807, 2.05) is 34.3 Å². The highest BCUT2D eigenvalue weighted by Crippen LogP contribution is 2.45. The van der Waals surface area contributed by atoms with Crippen LogP contribution in [0.2, 0.25) is 0 Å². The fraction of sp³-hybridized carbons (Fsp3) is 0.364. The molecule has 34 heavy (non-hydrogen) atoms. The zero-order valence-electron chi connectivity index (χ0n) is 19.6. The van der Waals surface area contributed by atoms with Crippen LogP contribution in [0, 0.1) is 0 Å². The standard InChI is InChI=1S/C22H26N4O6S2/c1-27-13-7-11(8-14(28-2)17(13)31-5)19-23-21(33)26-20(24-22(34)25(19)26)12-9-15(29-3)18(32-6)16(10-12)30-4/h7-10,19-20H,1-6H3,(H,23,33)(H,24,34)/t19-,20+. The van der Waals surface area contributed by atoms with Crippen LogP contribution in [0.25, 0.3) is 0 Å². The average molecular weight is 507 g/mol. The van der Waals surface area contributed by atoms with Crippen molar-refractivity contribution in [1.82, 2.24) is 20.7 Å². The molecule has 0 saturated carbocycles. The smallest absolute Gasteiger partial charge is 0.203 e. The van der Waals surface area contributed by atoms with Crippen LogP contribution >= 0.6 is 24.4 Å². The first-order valence-corrected chi connectivity index (χ1v) is 11.0. The third-order valence-electron chi connectivity index (χ3n) is 5.66. The first-order chi connectivity index (χ1) is 16.4. The largest absolute Gasteiger partial charge is 0.493 e. The van der Waals surface area contributed by atoms with E-state index in [0.29, 0.717) is 44.7 Å². The second kappa shape index (κ2) is 9.47. The van der Waals surface area contributed by atoms with Crippen LogP contribution in [0.4, 0.5) is 0 Å². The van der Waals surface area contributed by atoms with Gasteiger partial charge in [-0.2, -0.15) is 0 Å². The molecule has 0 radical (unpaired) electrons. The molecular formula is C22H26N4O6S2. The van der Waals surface area contributed by atoms with E-state index in [0.717, 1.165) is 11.1 Å². The highest BCUT2D eigenvalue weighted by Gasteiger charge is 2.48. The van der Waals surface area contributed by atoms with Gasteiger partial charge < -0.3 is 39.1 Å². The van der Waals surface area contributed by atoms with Gasteiger partial charge in [-0.15, -0.1) is 0 Å². The van der Waals surface area contributed by atoms with Crippen LogP contribution in [-0.2, 0) is 0 Å². The zero-order valence-corrected chi connectivity index (χ0v) is 21.3. The number of methoxy groups -OCH3 is 6. The molecule has 4 rings (SSSR count). The van der Waals surface area contributed by atoms with Gasteiger partial charge in [0.15, 0.2) is 33.2 Å². The van der Waals surface area contributed by atoms with Crippen molar-refractivity contribution in [2.24, 2.45) is 0 Å². The van der Waals surface area contributed by atoms with E-state index in [1.165, 1.54) is 0 Å². The summed E-state index contributed by atoms with van der Waals surface area (Å²) in [6.45, 7) is 0. The van der Waals surface area contributed by atoms with Gasteiger partial charge in [0.2, 0.25) is 11.5 Å². The fourth-order valence-corrected chi connectivity index (χ4v) is 4.75. The summed E-state index contributed by atoms with van der Waals surface area (Å²) in [5.74, 6) is 3.13. The first-order valence-electron chi connectivity index (χ1n) is 10.2. The van der Waals surface area contributed by atoms with Crippen molar-refractivity contribution >= 4 is 34.7 Å². The molecule has 0 spiro atoms. The van der Waals surface area contributed by atoms with Crippen LogP contribution in [0.3, 0.4) is 0 Å². The van der Waals surface area contributed by atoms with Gasteiger partial charge in [-0.1, -0.05) is 0 Å². The van der Waals surface area contributed by atoms with Gasteiger partial charge in [0.1, 0.15) is 12.3 Å². The van der Waals surface area contributed by atoms with E-state index >= 15 is 0 Å². The normalized spacial score (nSPS) is 18.8. The third kappa shape index (κ3) is 3.72. The quantitative estimate of drug-likeness (QED) is 0.517. The van der Waals surface area contributed by atoms with Crippen molar-refractivity contribution in [2.45, 2.75) is 12.3 Å². The predicted octanol–water partition coefficient (Wildman–Crippen LogP) is 2.73. The first kappa shape index (κ1) is 23.8. The number of fused-ring (bicyclic) bond motifs is 1. The number of rotatable bonds is 8. The van der Waals surface area contributed by atoms with E-state index in [-0.39, 0.29) is 0 Å². The summed E-state index contributed by atoms with van der Waals surface area (Å²) >= 11 is 11.4. The molecule has 2 saturated heterocycles. The Morgan fingerprint density at radius 3 is 1.09 bits per heavy atom. The predicted molar refractivity (Wildman–Crippen MR) is 133 cm³/mol.